The second-order valence-electron chi connectivity index (χ2n) is 5.22. The Morgan fingerprint density at radius 3 is 2.79 bits per heavy atom. The molecule has 2 aromatic rings. The molecular formula is C15H18BrN5O2S. The zero-order valence-corrected chi connectivity index (χ0v) is 15.8. The summed E-state index contributed by atoms with van der Waals surface area (Å²) in [5.41, 5.74) is 6.93. The van der Waals surface area contributed by atoms with E-state index < -0.39 is 0 Å². The largest absolute Gasteiger partial charge is 0.370 e. The third-order valence-corrected chi connectivity index (χ3v) is 5.20. The quantitative estimate of drug-likeness (QED) is 0.678. The van der Waals surface area contributed by atoms with E-state index in [0.717, 1.165) is 15.7 Å². The van der Waals surface area contributed by atoms with Crippen LogP contribution in [0.15, 0.2) is 27.8 Å². The number of nitrogens with two attached hydrogens (primary N) is 1. The van der Waals surface area contributed by atoms with Crippen molar-refractivity contribution >= 4 is 45.2 Å². The van der Waals surface area contributed by atoms with Crippen LogP contribution in [0.25, 0.3) is 0 Å². The van der Waals surface area contributed by atoms with E-state index in [9.17, 15) is 9.59 Å². The molecule has 0 spiro atoms. The van der Waals surface area contributed by atoms with E-state index >= 15 is 0 Å². The van der Waals surface area contributed by atoms with Gasteiger partial charge in [0.25, 0.3) is 0 Å². The monoisotopic (exact) mass is 411 g/mol. The number of thioether (sulfide) groups is 1. The predicted octanol–water partition coefficient (Wildman–Crippen LogP) is 2.03. The van der Waals surface area contributed by atoms with Gasteiger partial charge in [0, 0.05) is 30.0 Å². The maximum atomic E-state index is 12.1. The Morgan fingerprint density at radius 2 is 2.12 bits per heavy atom. The minimum Gasteiger partial charge on any atom is -0.370 e. The van der Waals surface area contributed by atoms with E-state index in [4.69, 9.17) is 5.73 Å². The average Bonchev–Trinajstić information content (AvgIpc) is 2.87. The van der Waals surface area contributed by atoms with Crippen molar-refractivity contribution < 1.29 is 9.59 Å². The number of carbonyl (C=O) groups excluding carboxylic acids is 2. The highest BCUT2D eigenvalue weighted by molar-refractivity contribution is 9.10. The van der Waals surface area contributed by atoms with Crippen LogP contribution in [0.3, 0.4) is 0 Å². The Hall–Kier alpha value is -1.87. The number of benzene rings is 1. The van der Waals surface area contributed by atoms with Gasteiger partial charge in [-0.1, -0.05) is 27.7 Å². The minimum absolute atomic E-state index is 0.122. The topological polar surface area (TPSA) is 103 Å². The molecule has 0 aliphatic carbocycles. The zero-order chi connectivity index (χ0) is 17.7. The third-order valence-electron chi connectivity index (χ3n) is 3.29. The number of hydrogen-bond donors (Lipinski definition) is 2. The molecular weight excluding hydrogens is 394 g/mol. The molecule has 0 saturated heterocycles. The third kappa shape index (κ3) is 5.07. The van der Waals surface area contributed by atoms with Crippen molar-refractivity contribution in [2.45, 2.75) is 24.9 Å². The first-order chi connectivity index (χ1) is 11.4. The maximum Gasteiger partial charge on any atom is 0.234 e. The normalized spacial score (nSPS) is 10.6. The first-order valence-corrected chi connectivity index (χ1v) is 9.00. The number of hydrogen-bond acceptors (Lipinski definition) is 5. The highest BCUT2D eigenvalue weighted by atomic mass is 79.9. The molecule has 0 aliphatic rings. The molecule has 7 nitrogen and oxygen atoms in total. The summed E-state index contributed by atoms with van der Waals surface area (Å²) in [5, 5.41) is 11.5. The van der Waals surface area contributed by atoms with E-state index in [-0.39, 0.29) is 24.0 Å². The summed E-state index contributed by atoms with van der Waals surface area (Å²) in [5.74, 6) is 0.386. The van der Waals surface area contributed by atoms with Crippen molar-refractivity contribution in [1.82, 2.24) is 14.8 Å². The van der Waals surface area contributed by atoms with Crippen LogP contribution in [-0.4, -0.2) is 32.3 Å². The van der Waals surface area contributed by atoms with Crippen LogP contribution in [0.1, 0.15) is 17.8 Å². The zero-order valence-electron chi connectivity index (χ0n) is 13.4. The lowest BCUT2D eigenvalue weighted by molar-refractivity contribution is -0.118. The summed E-state index contributed by atoms with van der Waals surface area (Å²) in [7, 11) is 1.80. The Labute approximate surface area is 152 Å². The first kappa shape index (κ1) is 18.5. The average molecular weight is 412 g/mol. The van der Waals surface area contributed by atoms with Gasteiger partial charge in [-0.2, -0.15) is 0 Å². The van der Waals surface area contributed by atoms with E-state index in [0.29, 0.717) is 17.4 Å². The van der Waals surface area contributed by atoms with Gasteiger partial charge in [-0.3, -0.25) is 9.59 Å². The molecule has 24 heavy (non-hydrogen) atoms. The van der Waals surface area contributed by atoms with Crippen molar-refractivity contribution in [3.05, 3.63) is 34.1 Å². The molecule has 0 bridgehead atoms. The van der Waals surface area contributed by atoms with Gasteiger partial charge >= 0.3 is 0 Å². The summed E-state index contributed by atoms with van der Waals surface area (Å²) in [6.45, 7) is 1.96. The van der Waals surface area contributed by atoms with Gasteiger partial charge in [-0.15, -0.1) is 10.2 Å². The number of anilines is 1. The fourth-order valence-electron chi connectivity index (χ4n) is 1.97. The van der Waals surface area contributed by atoms with Crippen molar-refractivity contribution in [2.75, 3.05) is 11.1 Å². The molecule has 0 radical (unpaired) electrons. The maximum absolute atomic E-state index is 12.1. The number of amides is 2. The second kappa shape index (κ2) is 8.29. The molecule has 0 saturated carbocycles. The Kier molecular flexibility index (Phi) is 6.38. The lowest BCUT2D eigenvalue weighted by Gasteiger charge is -2.07. The smallest absolute Gasteiger partial charge is 0.234 e. The number of aryl methyl sites for hydroxylation is 2. The van der Waals surface area contributed by atoms with Crippen LogP contribution in [0.2, 0.25) is 0 Å². The fraction of sp³-hybridized carbons (Fsp3) is 0.333. The van der Waals surface area contributed by atoms with Gasteiger partial charge in [0.05, 0.1) is 5.75 Å². The molecule has 1 aromatic carbocycles. The molecule has 0 fully saturated rings. The lowest BCUT2D eigenvalue weighted by Crippen LogP contribution is -2.15. The standard InChI is InChI=1S/C15H18BrN5O2S/c1-9-7-10(3-4-11(9)16)18-14(23)8-24-15-20-19-13(21(15)2)6-5-12(17)22/h3-4,7H,5-6,8H2,1-2H3,(H2,17,22)(H,18,23). The number of rotatable bonds is 7. The number of primary amides is 1. The molecule has 128 valence electrons. The van der Waals surface area contributed by atoms with Crippen molar-refractivity contribution in [1.29, 1.82) is 0 Å². The van der Waals surface area contributed by atoms with Gasteiger partial charge in [-0.05, 0) is 30.7 Å². The summed E-state index contributed by atoms with van der Waals surface area (Å²) in [6, 6.07) is 5.63. The molecule has 3 N–H and O–H groups in total. The van der Waals surface area contributed by atoms with Gasteiger partial charge in [0.15, 0.2) is 5.16 Å². The van der Waals surface area contributed by atoms with Gasteiger partial charge < -0.3 is 15.6 Å². The van der Waals surface area contributed by atoms with Crippen molar-refractivity contribution in [2.24, 2.45) is 12.8 Å². The lowest BCUT2D eigenvalue weighted by atomic mass is 10.2. The highest BCUT2D eigenvalue weighted by Gasteiger charge is 2.12. The Morgan fingerprint density at radius 1 is 1.38 bits per heavy atom. The van der Waals surface area contributed by atoms with Crippen LogP contribution in [-0.2, 0) is 23.1 Å². The van der Waals surface area contributed by atoms with Crippen molar-refractivity contribution in [3.8, 4) is 0 Å². The molecule has 1 aromatic heterocycles. The molecule has 0 atom stereocenters. The number of carbonyl (C=O) groups is 2. The van der Waals surface area contributed by atoms with E-state index in [1.807, 2.05) is 25.1 Å². The number of aromatic nitrogens is 3. The predicted molar refractivity (Wildman–Crippen MR) is 96.8 cm³/mol. The SMILES string of the molecule is Cc1cc(NC(=O)CSc2nnc(CCC(N)=O)n2C)ccc1Br. The molecule has 2 amide bonds. The summed E-state index contributed by atoms with van der Waals surface area (Å²) in [6.07, 6.45) is 0.657. The number of nitrogens with zero attached hydrogens (tertiary/aromatic N) is 3. The molecule has 9 heteroatoms. The van der Waals surface area contributed by atoms with Gasteiger partial charge in [0.1, 0.15) is 5.82 Å². The minimum atomic E-state index is -0.378. The number of nitrogens with one attached hydrogen (secondary N) is 1. The van der Waals surface area contributed by atoms with E-state index in [1.165, 1.54) is 11.8 Å². The molecule has 1 heterocycles. The Balaban J connectivity index is 1.89. The Bertz CT molecular complexity index is 762. The van der Waals surface area contributed by atoms with Crippen LogP contribution in [0, 0.1) is 6.92 Å². The van der Waals surface area contributed by atoms with Crippen LogP contribution in [0.4, 0.5) is 5.69 Å². The van der Waals surface area contributed by atoms with Gasteiger partial charge in [0.2, 0.25) is 11.8 Å². The van der Waals surface area contributed by atoms with Crippen LogP contribution >= 0.6 is 27.7 Å². The first-order valence-electron chi connectivity index (χ1n) is 7.22. The van der Waals surface area contributed by atoms with Crippen LogP contribution in [0.5, 0.6) is 0 Å². The second-order valence-corrected chi connectivity index (χ2v) is 7.02. The van der Waals surface area contributed by atoms with E-state index in [2.05, 4.69) is 31.4 Å². The van der Waals surface area contributed by atoms with Crippen LogP contribution < -0.4 is 11.1 Å². The van der Waals surface area contributed by atoms with E-state index in [1.54, 1.807) is 11.6 Å². The molecule has 2 rings (SSSR count). The number of halogens is 1. The highest BCUT2D eigenvalue weighted by Crippen LogP contribution is 2.21. The van der Waals surface area contributed by atoms with Gasteiger partial charge in [-0.25, -0.2) is 0 Å². The molecule has 0 aliphatic heterocycles. The summed E-state index contributed by atoms with van der Waals surface area (Å²) < 4.78 is 2.77. The molecule has 0 unspecified atom stereocenters. The summed E-state index contributed by atoms with van der Waals surface area (Å²) in [4.78, 5) is 22.9. The summed E-state index contributed by atoms with van der Waals surface area (Å²) >= 11 is 4.71. The fourth-order valence-corrected chi connectivity index (χ4v) is 2.95. The van der Waals surface area contributed by atoms with Crippen molar-refractivity contribution in [3.63, 3.8) is 0 Å².